The molecule has 5 heteroatoms. The lowest BCUT2D eigenvalue weighted by molar-refractivity contribution is -0.116. The largest absolute Gasteiger partial charge is 0.348 e. The van der Waals surface area contributed by atoms with Crippen molar-refractivity contribution in [3.63, 3.8) is 0 Å². The topological polar surface area (TPSA) is 54.9 Å². The third-order valence-electron chi connectivity index (χ3n) is 3.55. The maximum Gasteiger partial charge on any atom is 0.244 e. The number of nitrogens with zero attached hydrogens (tertiary/aromatic N) is 2. The van der Waals surface area contributed by atoms with Crippen molar-refractivity contribution in [3.05, 3.63) is 89.3 Å². The highest BCUT2D eigenvalue weighted by Gasteiger charge is 2.01. The molecule has 124 valence electrons. The maximum atomic E-state index is 11.9. The Balaban J connectivity index is 1.54. The summed E-state index contributed by atoms with van der Waals surface area (Å²) < 4.78 is 0. The summed E-state index contributed by atoms with van der Waals surface area (Å²) in [6.45, 7) is 0.421. The number of aromatic nitrogens is 2. The van der Waals surface area contributed by atoms with Crippen molar-refractivity contribution in [2.45, 2.75) is 6.54 Å². The van der Waals surface area contributed by atoms with E-state index in [4.69, 9.17) is 11.6 Å². The first kappa shape index (κ1) is 16.9. The van der Waals surface area contributed by atoms with Crippen LogP contribution in [0.5, 0.6) is 0 Å². The molecule has 0 fully saturated rings. The number of halogens is 1. The molecule has 1 aromatic carbocycles. The smallest absolute Gasteiger partial charge is 0.244 e. The van der Waals surface area contributed by atoms with Crippen molar-refractivity contribution in [1.82, 2.24) is 15.3 Å². The van der Waals surface area contributed by atoms with Crippen LogP contribution in [0.25, 0.3) is 17.3 Å². The number of nitrogens with one attached hydrogen (secondary N) is 1. The molecule has 0 bridgehead atoms. The average Bonchev–Trinajstić information content (AvgIpc) is 2.67. The lowest BCUT2D eigenvalue weighted by Crippen LogP contribution is -2.20. The molecule has 0 saturated heterocycles. The van der Waals surface area contributed by atoms with Gasteiger partial charge in [-0.15, -0.1) is 0 Å². The summed E-state index contributed by atoms with van der Waals surface area (Å²) in [6.07, 6.45) is 8.50. The van der Waals surface area contributed by atoms with E-state index in [0.29, 0.717) is 11.6 Å². The van der Waals surface area contributed by atoms with Gasteiger partial charge in [0.25, 0.3) is 0 Å². The van der Waals surface area contributed by atoms with Gasteiger partial charge in [-0.3, -0.25) is 14.8 Å². The Morgan fingerprint density at radius 2 is 1.92 bits per heavy atom. The van der Waals surface area contributed by atoms with Crippen LogP contribution in [0.3, 0.4) is 0 Å². The Labute approximate surface area is 151 Å². The summed E-state index contributed by atoms with van der Waals surface area (Å²) in [5.41, 5.74) is 3.66. The molecule has 3 rings (SSSR count). The lowest BCUT2D eigenvalue weighted by atomic mass is 10.1. The summed E-state index contributed by atoms with van der Waals surface area (Å²) in [7, 11) is 0. The van der Waals surface area contributed by atoms with E-state index in [1.165, 1.54) is 6.08 Å². The second-order valence-electron chi connectivity index (χ2n) is 5.40. The first-order chi connectivity index (χ1) is 12.2. The highest BCUT2D eigenvalue weighted by molar-refractivity contribution is 6.30. The molecule has 2 aromatic heterocycles. The number of pyridine rings is 2. The highest BCUT2D eigenvalue weighted by Crippen LogP contribution is 2.15. The number of carbonyl (C=O) groups is 1. The van der Waals surface area contributed by atoms with E-state index in [1.54, 1.807) is 36.8 Å². The van der Waals surface area contributed by atoms with Crippen molar-refractivity contribution in [3.8, 4) is 11.3 Å². The van der Waals surface area contributed by atoms with E-state index in [9.17, 15) is 4.79 Å². The molecule has 0 spiro atoms. The third-order valence-corrected chi connectivity index (χ3v) is 3.80. The zero-order valence-electron chi connectivity index (χ0n) is 13.4. The Kier molecular flexibility index (Phi) is 5.54. The van der Waals surface area contributed by atoms with Gasteiger partial charge in [0.15, 0.2) is 0 Å². The number of hydrogen-bond donors (Lipinski definition) is 1. The lowest BCUT2D eigenvalue weighted by Gasteiger charge is -2.04. The van der Waals surface area contributed by atoms with Crippen LogP contribution in [0.2, 0.25) is 5.02 Å². The Bertz CT molecular complexity index is 860. The molecule has 2 heterocycles. The average molecular weight is 350 g/mol. The number of carbonyl (C=O) groups excluding carboxylic acids is 1. The van der Waals surface area contributed by atoms with Crippen LogP contribution in [0.15, 0.2) is 73.2 Å². The fourth-order valence-corrected chi connectivity index (χ4v) is 2.33. The first-order valence-corrected chi connectivity index (χ1v) is 8.15. The van der Waals surface area contributed by atoms with Crippen molar-refractivity contribution in [1.29, 1.82) is 0 Å². The Morgan fingerprint density at radius 3 is 2.60 bits per heavy atom. The molecule has 0 aliphatic carbocycles. The van der Waals surface area contributed by atoms with Gasteiger partial charge in [0, 0.05) is 41.8 Å². The molecule has 3 aromatic rings. The van der Waals surface area contributed by atoms with E-state index in [-0.39, 0.29) is 5.91 Å². The van der Waals surface area contributed by atoms with Crippen LogP contribution in [0.4, 0.5) is 0 Å². The zero-order chi connectivity index (χ0) is 17.5. The van der Waals surface area contributed by atoms with Crippen LogP contribution in [-0.2, 0) is 11.3 Å². The van der Waals surface area contributed by atoms with Crippen molar-refractivity contribution < 1.29 is 4.79 Å². The predicted octanol–water partition coefficient (Wildman–Crippen LogP) is 4.13. The van der Waals surface area contributed by atoms with Gasteiger partial charge in [-0.25, -0.2) is 0 Å². The number of amides is 1. The zero-order valence-corrected chi connectivity index (χ0v) is 14.1. The van der Waals surface area contributed by atoms with E-state index < -0.39 is 0 Å². The Hall–Kier alpha value is -2.98. The van der Waals surface area contributed by atoms with Crippen LogP contribution in [0, 0.1) is 0 Å². The second kappa shape index (κ2) is 8.22. The summed E-state index contributed by atoms with van der Waals surface area (Å²) in [5, 5.41) is 3.51. The van der Waals surface area contributed by atoms with Gasteiger partial charge in [0.05, 0.1) is 5.69 Å². The molecule has 0 aliphatic heterocycles. The van der Waals surface area contributed by atoms with Gasteiger partial charge in [-0.05, 0) is 47.5 Å². The number of benzene rings is 1. The standard InChI is InChI=1S/C20H16ClN3O/c21-18-7-3-15(4-8-18)6-10-20(25)24-13-16-5-9-19(23-12-16)17-2-1-11-22-14-17/h1-12,14H,13H2,(H,24,25)/b10-6+. The molecule has 25 heavy (non-hydrogen) atoms. The molecule has 0 atom stereocenters. The highest BCUT2D eigenvalue weighted by atomic mass is 35.5. The second-order valence-corrected chi connectivity index (χ2v) is 5.83. The fraction of sp³-hybridized carbons (Fsp3) is 0.0500. The summed E-state index contributed by atoms with van der Waals surface area (Å²) in [5.74, 6) is -0.161. The Morgan fingerprint density at radius 1 is 1.08 bits per heavy atom. The number of rotatable bonds is 5. The van der Waals surface area contributed by atoms with Gasteiger partial charge >= 0.3 is 0 Å². The molecule has 0 saturated carbocycles. The van der Waals surface area contributed by atoms with E-state index in [0.717, 1.165) is 22.4 Å². The minimum absolute atomic E-state index is 0.161. The minimum atomic E-state index is -0.161. The van der Waals surface area contributed by atoms with E-state index in [1.807, 2.05) is 36.4 Å². The van der Waals surface area contributed by atoms with Crippen LogP contribution < -0.4 is 5.32 Å². The molecule has 4 nitrogen and oxygen atoms in total. The quantitative estimate of drug-likeness (QED) is 0.705. The maximum absolute atomic E-state index is 11.9. The van der Waals surface area contributed by atoms with Gasteiger partial charge in [-0.2, -0.15) is 0 Å². The van der Waals surface area contributed by atoms with Gasteiger partial charge in [0.1, 0.15) is 0 Å². The fourth-order valence-electron chi connectivity index (χ4n) is 2.21. The predicted molar refractivity (Wildman–Crippen MR) is 99.8 cm³/mol. The van der Waals surface area contributed by atoms with E-state index in [2.05, 4.69) is 15.3 Å². The van der Waals surface area contributed by atoms with Crippen molar-refractivity contribution in [2.75, 3.05) is 0 Å². The molecule has 1 N–H and O–H groups in total. The summed E-state index contributed by atoms with van der Waals surface area (Å²) in [4.78, 5) is 20.4. The van der Waals surface area contributed by atoms with Gasteiger partial charge < -0.3 is 5.32 Å². The third kappa shape index (κ3) is 4.99. The monoisotopic (exact) mass is 349 g/mol. The van der Waals surface area contributed by atoms with E-state index >= 15 is 0 Å². The molecular formula is C20H16ClN3O. The van der Waals surface area contributed by atoms with Crippen molar-refractivity contribution in [2.24, 2.45) is 0 Å². The van der Waals surface area contributed by atoms with Crippen LogP contribution >= 0.6 is 11.6 Å². The summed E-state index contributed by atoms with van der Waals surface area (Å²) >= 11 is 5.83. The molecular weight excluding hydrogens is 334 g/mol. The number of hydrogen-bond acceptors (Lipinski definition) is 3. The first-order valence-electron chi connectivity index (χ1n) is 7.77. The minimum Gasteiger partial charge on any atom is -0.348 e. The van der Waals surface area contributed by atoms with Crippen LogP contribution in [0.1, 0.15) is 11.1 Å². The normalized spacial score (nSPS) is 10.8. The SMILES string of the molecule is O=C(/C=C/c1ccc(Cl)cc1)NCc1ccc(-c2cccnc2)nc1. The van der Waals surface area contributed by atoms with Gasteiger partial charge in [0.2, 0.25) is 5.91 Å². The van der Waals surface area contributed by atoms with Crippen LogP contribution in [-0.4, -0.2) is 15.9 Å². The summed E-state index contributed by atoms with van der Waals surface area (Å²) in [6, 6.07) is 15.0. The van der Waals surface area contributed by atoms with Gasteiger partial charge in [-0.1, -0.05) is 29.8 Å². The van der Waals surface area contributed by atoms with Crippen molar-refractivity contribution >= 4 is 23.6 Å². The molecule has 0 radical (unpaired) electrons. The molecule has 0 unspecified atom stereocenters. The molecule has 1 amide bonds. The molecule has 0 aliphatic rings.